The smallest absolute Gasteiger partial charge is 0.231 e. The van der Waals surface area contributed by atoms with Crippen molar-refractivity contribution in [3.8, 4) is 0 Å². The maximum atomic E-state index is 5.97. The van der Waals surface area contributed by atoms with Crippen molar-refractivity contribution < 1.29 is 9.47 Å². The number of nitrogens with zero attached hydrogens (tertiary/aromatic N) is 4. The SMILES string of the molecule is CCCOCCCNc1nc(Cl)nc(N2CCOCC2)n1. The highest BCUT2D eigenvalue weighted by atomic mass is 35.5. The molecule has 0 aromatic carbocycles. The summed E-state index contributed by atoms with van der Waals surface area (Å²) >= 11 is 5.97. The van der Waals surface area contributed by atoms with Gasteiger partial charge in [-0.15, -0.1) is 0 Å². The number of rotatable bonds is 8. The van der Waals surface area contributed by atoms with Gasteiger partial charge in [-0.1, -0.05) is 6.92 Å². The van der Waals surface area contributed by atoms with E-state index in [1.54, 1.807) is 0 Å². The second-order valence-electron chi connectivity index (χ2n) is 4.72. The lowest BCUT2D eigenvalue weighted by atomic mass is 10.4. The fourth-order valence-electron chi connectivity index (χ4n) is 1.94. The molecular formula is C13H22ClN5O2. The summed E-state index contributed by atoms with van der Waals surface area (Å²) in [6.07, 6.45) is 1.94. The third-order valence-corrected chi connectivity index (χ3v) is 3.16. The second kappa shape index (κ2) is 8.96. The van der Waals surface area contributed by atoms with Crippen molar-refractivity contribution in [2.75, 3.05) is 56.3 Å². The molecule has 0 saturated carbocycles. The van der Waals surface area contributed by atoms with E-state index in [0.29, 0.717) is 25.1 Å². The van der Waals surface area contributed by atoms with E-state index in [1.807, 2.05) is 4.90 Å². The van der Waals surface area contributed by atoms with Crippen LogP contribution in [0.5, 0.6) is 0 Å². The molecule has 118 valence electrons. The Bertz CT molecular complexity index is 429. The van der Waals surface area contributed by atoms with Crippen LogP contribution in [0.3, 0.4) is 0 Å². The van der Waals surface area contributed by atoms with E-state index in [-0.39, 0.29) is 5.28 Å². The van der Waals surface area contributed by atoms with Gasteiger partial charge in [-0.25, -0.2) is 0 Å². The van der Waals surface area contributed by atoms with Crippen molar-refractivity contribution >= 4 is 23.5 Å². The summed E-state index contributed by atoms with van der Waals surface area (Å²) in [6.45, 7) is 7.27. The predicted molar refractivity (Wildman–Crippen MR) is 82.1 cm³/mol. The average molecular weight is 316 g/mol. The molecule has 1 N–H and O–H groups in total. The molecule has 1 aromatic heterocycles. The van der Waals surface area contributed by atoms with Gasteiger partial charge >= 0.3 is 0 Å². The maximum Gasteiger partial charge on any atom is 0.231 e. The molecule has 8 heteroatoms. The largest absolute Gasteiger partial charge is 0.381 e. The summed E-state index contributed by atoms with van der Waals surface area (Å²) in [5, 5.41) is 3.36. The molecule has 0 atom stereocenters. The van der Waals surface area contributed by atoms with E-state index in [2.05, 4.69) is 27.2 Å². The molecule has 7 nitrogen and oxygen atoms in total. The number of aromatic nitrogens is 3. The minimum Gasteiger partial charge on any atom is -0.381 e. The summed E-state index contributed by atoms with van der Waals surface area (Å²) in [7, 11) is 0. The third-order valence-electron chi connectivity index (χ3n) is 2.99. The summed E-state index contributed by atoms with van der Waals surface area (Å²) < 4.78 is 10.7. The molecule has 0 bridgehead atoms. The first kappa shape index (κ1) is 16.2. The van der Waals surface area contributed by atoms with Crippen LogP contribution in [0.1, 0.15) is 19.8 Å². The van der Waals surface area contributed by atoms with Crippen LogP contribution in [-0.4, -0.2) is 61.0 Å². The third kappa shape index (κ3) is 5.61. The van der Waals surface area contributed by atoms with Gasteiger partial charge in [0.25, 0.3) is 0 Å². The van der Waals surface area contributed by atoms with Crippen LogP contribution in [0, 0.1) is 0 Å². The van der Waals surface area contributed by atoms with Crippen LogP contribution in [0.25, 0.3) is 0 Å². The first-order chi connectivity index (χ1) is 10.3. The minimum absolute atomic E-state index is 0.205. The van der Waals surface area contributed by atoms with Crippen molar-refractivity contribution in [2.24, 2.45) is 0 Å². The van der Waals surface area contributed by atoms with Gasteiger partial charge in [-0.3, -0.25) is 0 Å². The highest BCUT2D eigenvalue weighted by Crippen LogP contribution is 2.14. The molecule has 1 saturated heterocycles. The number of halogens is 1. The molecule has 0 spiro atoms. The Morgan fingerprint density at radius 1 is 1.24 bits per heavy atom. The number of hydrogen-bond donors (Lipinski definition) is 1. The van der Waals surface area contributed by atoms with E-state index < -0.39 is 0 Å². The van der Waals surface area contributed by atoms with Crippen LogP contribution in [-0.2, 0) is 9.47 Å². The fraction of sp³-hybridized carbons (Fsp3) is 0.769. The molecule has 1 aliphatic heterocycles. The van der Waals surface area contributed by atoms with E-state index in [9.17, 15) is 0 Å². The normalized spacial score (nSPS) is 15.2. The number of nitrogens with one attached hydrogen (secondary N) is 1. The molecule has 0 amide bonds. The van der Waals surface area contributed by atoms with Gasteiger partial charge < -0.3 is 19.7 Å². The lowest BCUT2D eigenvalue weighted by Gasteiger charge is -2.26. The Balaban J connectivity index is 1.83. The molecular weight excluding hydrogens is 294 g/mol. The number of anilines is 2. The lowest BCUT2D eigenvalue weighted by molar-refractivity contribution is 0.122. The quantitative estimate of drug-likeness (QED) is 0.730. The van der Waals surface area contributed by atoms with E-state index in [0.717, 1.165) is 45.7 Å². The molecule has 21 heavy (non-hydrogen) atoms. The van der Waals surface area contributed by atoms with E-state index in [1.165, 1.54) is 0 Å². The first-order valence-electron chi connectivity index (χ1n) is 7.35. The van der Waals surface area contributed by atoms with E-state index >= 15 is 0 Å². The van der Waals surface area contributed by atoms with Gasteiger partial charge in [0, 0.05) is 32.8 Å². The van der Waals surface area contributed by atoms with E-state index in [4.69, 9.17) is 21.1 Å². The second-order valence-corrected chi connectivity index (χ2v) is 5.06. The standard InChI is InChI=1S/C13H22ClN5O2/c1-2-7-20-8-3-4-15-12-16-11(14)17-13(18-12)19-5-9-21-10-6-19/h2-10H2,1H3,(H,15,16,17,18). The van der Waals surface area contributed by atoms with Gasteiger partial charge in [0.15, 0.2) is 0 Å². The monoisotopic (exact) mass is 315 g/mol. The molecule has 1 fully saturated rings. The van der Waals surface area contributed by atoms with Crippen LogP contribution >= 0.6 is 11.6 Å². The summed E-state index contributed by atoms with van der Waals surface area (Å²) in [5.74, 6) is 1.11. The van der Waals surface area contributed by atoms with Gasteiger partial charge in [-0.2, -0.15) is 15.0 Å². The summed E-state index contributed by atoms with van der Waals surface area (Å²) in [4.78, 5) is 14.7. The molecule has 1 aliphatic rings. The predicted octanol–water partition coefficient (Wildman–Crippen LogP) is 1.59. The number of morpholine rings is 1. The van der Waals surface area contributed by atoms with Crippen molar-refractivity contribution in [3.05, 3.63) is 5.28 Å². The topological polar surface area (TPSA) is 72.4 Å². The van der Waals surface area contributed by atoms with Crippen LogP contribution in [0.4, 0.5) is 11.9 Å². The first-order valence-corrected chi connectivity index (χ1v) is 7.73. The van der Waals surface area contributed by atoms with Crippen LogP contribution < -0.4 is 10.2 Å². The summed E-state index contributed by atoms with van der Waals surface area (Å²) in [6, 6.07) is 0. The lowest BCUT2D eigenvalue weighted by Crippen LogP contribution is -2.37. The van der Waals surface area contributed by atoms with Crippen molar-refractivity contribution in [1.29, 1.82) is 0 Å². The van der Waals surface area contributed by atoms with Gasteiger partial charge in [0.2, 0.25) is 17.2 Å². The zero-order valence-corrected chi connectivity index (χ0v) is 13.1. The highest BCUT2D eigenvalue weighted by molar-refractivity contribution is 6.28. The Kier molecular flexibility index (Phi) is 6.91. The van der Waals surface area contributed by atoms with Crippen molar-refractivity contribution in [2.45, 2.75) is 19.8 Å². The Morgan fingerprint density at radius 3 is 2.81 bits per heavy atom. The van der Waals surface area contributed by atoms with Crippen molar-refractivity contribution in [3.63, 3.8) is 0 Å². The Morgan fingerprint density at radius 2 is 2.05 bits per heavy atom. The zero-order valence-electron chi connectivity index (χ0n) is 12.3. The molecule has 0 aliphatic carbocycles. The fourth-order valence-corrected chi connectivity index (χ4v) is 2.10. The van der Waals surface area contributed by atoms with Crippen molar-refractivity contribution in [1.82, 2.24) is 15.0 Å². The Labute approximate surface area is 130 Å². The van der Waals surface area contributed by atoms with Gasteiger partial charge in [-0.05, 0) is 24.4 Å². The number of ether oxygens (including phenoxy) is 2. The molecule has 2 rings (SSSR count). The summed E-state index contributed by atoms with van der Waals surface area (Å²) in [5.41, 5.74) is 0. The molecule has 1 aromatic rings. The average Bonchev–Trinajstić information content (AvgIpc) is 2.51. The van der Waals surface area contributed by atoms with Crippen LogP contribution in [0.15, 0.2) is 0 Å². The minimum atomic E-state index is 0.205. The highest BCUT2D eigenvalue weighted by Gasteiger charge is 2.15. The van der Waals surface area contributed by atoms with Gasteiger partial charge in [0.05, 0.1) is 13.2 Å². The Hall–Kier alpha value is -1.18. The zero-order chi connectivity index (χ0) is 14.9. The number of hydrogen-bond acceptors (Lipinski definition) is 7. The molecule has 0 radical (unpaired) electrons. The maximum absolute atomic E-state index is 5.97. The van der Waals surface area contributed by atoms with Crippen LogP contribution in [0.2, 0.25) is 5.28 Å². The molecule has 2 heterocycles. The van der Waals surface area contributed by atoms with Gasteiger partial charge in [0.1, 0.15) is 0 Å². The molecule has 0 unspecified atom stereocenters.